The summed E-state index contributed by atoms with van der Waals surface area (Å²) in [6.07, 6.45) is 6.04. The fourth-order valence-electron chi connectivity index (χ4n) is 3.54. The van der Waals surface area contributed by atoms with Gasteiger partial charge in [-0.15, -0.1) is 0 Å². The molecule has 0 bridgehead atoms. The number of hydrogen-bond donors (Lipinski definition) is 1. The van der Waals surface area contributed by atoms with Crippen molar-refractivity contribution in [2.24, 2.45) is 11.8 Å². The molecule has 1 unspecified atom stereocenters. The minimum Gasteiger partial charge on any atom is -0.392 e. The van der Waals surface area contributed by atoms with Gasteiger partial charge in [0.2, 0.25) is 0 Å². The Morgan fingerprint density at radius 1 is 1.11 bits per heavy atom. The number of aliphatic hydroxyl groups is 1. The van der Waals surface area contributed by atoms with E-state index in [1.807, 2.05) is 6.07 Å². The van der Waals surface area contributed by atoms with E-state index in [4.69, 9.17) is 0 Å². The molecular formula is C18H28O. The van der Waals surface area contributed by atoms with Crippen molar-refractivity contribution in [3.63, 3.8) is 0 Å². The van der Waals surface area contributed by atoms with E-state index in [2.05, 4.69) is 45.0 Å². The molecule has 2 rings (SSSR count). The maximum Gasteiger partial charge on any atom is 0.0659 e. The molecular weight excluding hydrogens is 232 g/mol. The van der Waals surface area contributed by atoms with Crippen LogP contribution in [0.5, 0.6) is 0 Å². The van der Waals surface area contributed by atoms with Crippen LogP contribution in [0.3, 0.4) is 0 Å². The van der Waals surface area contributed by atoms with E-state index >= 15 is 0 Å². The van der Waals surface area contributed by atoms with Gasteiger partial charge in [-0.25, -0.2) is 0 Å². The number of benzene rings is 1. The summed E-state index contributed by atoms with van der Waals surface area (Å²) in [5.74, 6) is 1.36. The summed E-state index contributed by atoms with van der Waals surface area (Å²) >= 11 is 0. The number of hydrogen-bond acceptors (Lipinski definition) is 1. The average molecular weight is 260 g/mol. The first kappa shape index (κ1) is 14.6. The molecule has 1 aromatic carbocycles. The molecule has 0 aliphatic heterocycles. The van der Waals surface area contributed by atoms with Gasteiger partial charge in [0.15, 0.2) is 0 Å². The Bertz CT molecular complexity index is 374. The van der Waals surface area contributed by atoms with Crippen LogP contribution in [-0.4, -0.2) is 11.2 Å². The lowest BCUT2D eigenvalue weighted by Crippen LogP contribution is -2.41. The highest BCUT2D eigenvalue weighted by Gasteiger charge is 2.36. The van der Waals surface area contributed by atoms with E-state index in [0.29, 0.717) is 5.92 Å². The van der Waals surface area contributed by atoms with Crippen LogP contribution in [0.25, 0.3) is 0 Å². The Labute approximate surface area is 118 Å². The zero-order chi connectivity index (χ0) is 13.9. The molecule has 0 saturated heterocycles. The highest BCUT2D eigenvalue weighted by Crippen LogP contribution is 2.39. The van der Waals surface area contributed by atoms with Crippen LogP contribution >= 0.6 is 0 Å². The van der Waals surface area contributed by atoms with Crippen LogP contribution in [-0.2, 0) is 5.41 Å². The highest BCUT2D eigenvalue weighted by atomic mass is 16.3. The summed E-state index contributed by atoms with van der Waals surface area (Å²) in [6, 6.07) is 10.5. The fraction of sp³-hybridized carbons (Fsp3) is 0.667. The van der Waals surface area contributed by atoms with E-state index < -0.39 is 0 Å². The van der Waals surface area contributed by atoms with Gasteiger partial charge >= 0.3 is 0 Å². The van der Waals surface area contributed by atoms with Crippen molar-refractivity contribution < 1.29 is 5.11 Å². The second-order valence-corrected chi connectivity index (χ2v) is 6.72. The second kappa shape index (κ2) is 6.09. The molecule has 1 heteroatoms. The van der Waals surface area contributed by atoms with Gasteiger partial charge in [0.25, 0.3) is 0 Å². The van der Waals surface area contributed by atoms with E-state index in [-0.39, 0.29) is 11.5 Å². The quantitative estimate of drug-likeness (QED) is 0.842. The molecule has 106 valence electrons. The minimum absolute atomic E-state index is 0.148. The molecule has 1 aliphatic carbocycles. The van der Waals surface area contributed by atoms with Gasteiger partial charge in [0, 0.05) is 5.41 Å². The summed E-state index contributed by atoms with van der Waals surface area (Å²) in [6.45, 7) is 6.65. The van der Waals surface area contributed by atoms with Crippen LogP contribution in [0, 0.1) is 11.8 Å². The first-order chi connectivity index (χ1) is 9.05. The van der Waals surface area contributed by atoms with Gasteiger partial charge < -0.3 is 5.11 Å². The van der Waals surface area contributed by atoms with Crippen molar-refractivity contribution >= 4 is 0 Å². The Morgan fingerprint density at radius 3 is 2.21 bits per heavy atom. The molecule has 1 saturated carbocycles. The SMILES string of the molecule is CCC1CCC(C(O)C(C)(C)c2ccccc2)CC1. The van der Waals surface area contributed by atoms with Gasteiger partial charge in [-0.3, -0.25) is 0 Å². The third-order valence-corrected chi connectivity index (χ3v) is 5.17. The van der Waals surface area contributed by atoms with Gasteiger partial charge in [-0.1, -0.05) is 70.4 Å². The maximum absolute atomic E-state index is 10.8. The molecule has 1 nitrogen and oxygen atoms in total. The summed E-state index contributed by atoms with van der Waals surface area (Å²) in [7, 11) is 0. The van der Waals surface area contributed by atoms with Crippen molar-refractivity contribution in [3.8, 4) is 0 Å². The standard InChI is InChI=1S/C18H28O/c1-4-14-10-12-15(13-11-14)17(19)18(2,3)16-8-6-5-7-9-16/h5-9,14-15,17,19H,4,10-13H2,1-3H3. The monoisotopic (exact) mass is 260 g/mol. The summed E-state index contributed by atoms with van der Waals surface area (Å²) in [4.78, 5) is 0. The van der Waals surface area contributed by atoms with E-state index in [1.54, 1.807) is 0 Å². The first-order valence-electron chi connectivity index (χ1n) is 7.79. The third kappa shape index (κ3) is 3.20. The Morgan fingerprint density at radius 2 is 1.68 bits per heavy atom. The molecule has 1 atom stereocenters. The van der Waals surface area contributed by atoms with Crippen LogP contribution in [0.15, 0.2) is 30.3 Å². The van der Waals surface area contributed by atoms with Crippen molar-refractivity contribution in [1.82, 2.24) is 0 Å². The molecule has 1 aliphatic rings. The molecule has 1 aromatic rings. The molecule has 1 N–H and O–H groups in total. The van der Waals surface area contributed by atoms with Crippen molar-refractivity contribution in [2.75, 3.05) is 0 Å². The average Bonchev–Trinajstić information content (AvgIpc) is 2.47. The van der Waals surface area contributed by atoms with Gasteiger partial charge in [0.05, 0.1) is 6.10 Å². The molecule has 1 fully saturated rings. The molecule has 0 heterocycles. The van der Waals surface area contributed by atoms with Gasteiger partial charge in [0.1, 0.15) is 0 Å². The second-order valence-electron chi connectivity index (χ2n) is 6.72. The van der Waals surface area contributed by atoms with E-state index in [1.165, 1.54) is 37.7 Å². The smallest absolute Gasteiger partial charge is 0.0659 e. The summed E-state index contributed by atoms with van der Waals surface area (Å²) < 4.78 is 0. The predicted molar refractivity (Wildman–Crippen MR) is 81.2 cm³/mol. The zero-order valence-electron chi connectivity index (χ0n) is 12.6. The van der Waals surface area contributed by atoms with Crippen LogP contribution in [0.2, 0.25) is 0 Å². The Kier molecular flexibility index (Phi) is 4.67. The van der Waals surface area contributed by atoms with Crippen molar-refractivity contribution in [1.29, 1.82) is 0 Å². The molecule has 0 amide bonds. The summed E-state index contributed by atoms with van der Waals surface area (Å²) in [5, 5.41) is 10.8. The lowest BCUT2D eigenvalue weighted by molar-refractivity contribution is 0.0196. The molecule has 0 spiro atoms. The Balaban J connectivity index is 2.05. The van der Waals surface area contributed by atoms with Crippen molar-refractivity contribution in [3.05, 3.63) is 35.9 Å². The molecule has 0 aromatic heterocycles. The third-order valence-electron chi connectivity index (χ3n) is 5.17. The van der Waals surface area contributed by atoms with Crippen LogP contribution < -0.4 is 0 Å². The zero-order valence-corrected chi connectivity index (χ0v) is 12.6. The lowest BCUT2D eigenvalue weighted by atomic mass is 9.69. The van der Waals surface area contributed by atoms with Crippen molar-refractivity contribution in [2.45, 2.75) is 64.4 Å². The largest absolute Gasteiger partial charge is 0.392 e. The normalized spacial score (nSPS) is 26.1. The maximum atomic E-state index is 10.8. The topological polar surface area (TPSA) is 20.2 Å². The minimum atomic E-state index is -0.229. The Hall–Kier alpha value is -0.820. The molecule has 19 heavy (non-hydrogen) atoms. The van der Waals surface area contributed by atoms with Gasteiger partial charge in [-0.2, -0.15) is 0 Å². The van der Waals surface area contributed by atoms with Crippen LogP contribution in [0.1, 0.15) is 58.4 Å². The predicted octanol–water partition coefficient (Wildman–Crippen LogP) is 4.54. The summed E-state index contributed by atoms with van der Waals surface area (Å²) in [5.41, 5.74) is 1.10. The van der Waals surface area contributed by atoms with Gasteiger partial charge in [-0.05, 0) is 30.2 Å². The van der Waals surface area contributed by atoms with E-state index in [0.717, 1.165) is 5.92 Å². The first-order valence-corrected chi connectivity index (χ1v) is 7.79. The number of aliphatic hydroxyl groups excluding tert-OH is 1. The fourth-order valence-corrected chi connectivity index (χ4v) is 3.54. The van der Waals surface area contributed by atoms with Crippen LogP contribution in [0.4, 0.5) is 0 Å². The molecule has 0 radical (unpaired) electrons. The highest BCUT2D eigenvalue weighted by molar-refractivity contribution is 5.25. The van der Waals surface area contributed by atoms with E-state index in [9.17, 15) is 5.11 Å². The number of rotatable bonds is 4. The lowest BCUT2D eigenvalue weighted by Gasteiger charge is -2.39.